The van der Waals surface area contributed by atoms with Crippen molar-refractivity contribution in [2.75, 3.05) is 4.90 Å². The summed E-state index contributed by atoms with van der Waals surface area (Å²) in [5, 5.41) is 4.67. The Morgan fingerprint density at radius 2 is 0.978 bits per heavy atom. The van der Waals surface area contributed by atoms with Gasteiger partial charge in [-0.3, -0.25) is 0 Å². The number of anilines is 3. The summed E-state index contributed by atoms with van der Waals surface area (Å²) in [6.45, 7) is 0. The summed E-state index contributed by atoms with van der Waals surface area (Å²) in [4.78, 5) is 2.33. The zero-order valence-corrected chi connectivity index (χ0v) is 24.5. The molecule has 0 amide bonds. The molecule has 0 fully saturated rings. The van der Waals surface area contributed by atoms with Crippen LogP contribution in [0.5, 0.6) is 0 Å². The molecule has 7 aromatic carbocycles. The van der Waals surface area contributed by atoms with Gasteiger partial charge in [0, 0.05) is 38.8 Å². The number of furan rings is 1. The van der Waals surface area contributed by atoms with E-state index in [2.05, 4.69) is 179 Å². The van der Waals surface area contributed by atoms with Gasteiger partial charge in [-0.25, -0.2) is 0 Å². The van der Waals surface area contributed by atoms with Gasteiger partial charge >= 0.3 is 0 Å². The van der Waals surface area contributed by atoms with Gasteiger partial charge < -0.3 is 13.9 Å². The minimum Gasteiger partial charge on any atom is -0.456 e. The number of hydrogen-bond acceptors (Lipinski definition) is 2. The normalized spacial score (nSPS) is 11.6. The van der Waals surface area contributed by atoms with Gasteiger partial charge in [0.15, 0.2) is 0 Å². The third-order valence-corrected chi connectivity index (χ3v) is 8.77. The summed E-state index contributed by atoms with van der Waals surface area (Å²) in [7, 11) is 0. The molecule has 0 radical (unpaired) electrons. The Kier molecular flexibility index (Phi) is 5.82. The summed E-state index contributed by atoms with van der Waals surface area (Å²) < 4.78 is 9.03. The molecule has 0 spiro atoms. The van der Waals surface area contributed by atoms with E-state index in [-0.39, 0.29) is 0 Å². The average molecular weight is 577 g/mol. The van der Waals surface area contributed by atoms with Gasteiger partial charge in [0.25, 0.3) is 0 Å². The summed E-state index contributed by atoms with van der Waals surface area (Å²) >= 11 is 0. The summed E-state index contributed by atoms with van der Waals surface area (Å²) in [6.07, 6.45) is 0. The van der Waals surface area contributed by atoms with Gasteiger partial charge in [0.05, 0.1) is 22.1 Å². The Bertz CT molecular complexity index is 2440. The fraction of sp³-hybridized carbons (Fsp3) is 0. The Morgan fingerprint density at radius 3 is 1.71 bits per heavy atom. The lowest BCUT2D eigenvalue weighted by Crippen LogP contribution is -2.10. The molecule has 0 aliphatic carbocycles. The lowest BCUT2D eigenvalue weighted by Gasteiger charge is -2.26. The molecular weight excluding hydrogens is 548 g/mol. The van der Waals surface area contributed by atoms with Gasteiger partial charge in [0.1, 0.15) is 11.2 Å². The van der Waals surface area contributed by atoms with Crippen LogP contribution in [0.25, 0.3) is 60.6 Å². The maximum absolute atomic E-state index is 6.63. The van der Waals surface area contributed by atoms with Crippen LogP contribution in [-0.2, 0) is 0 Å². The highest BCUT2D eigenvalue weighted by Crippen LogP contribution is 2.47. The molecule has 0 saturated carbocycles. The molecule has 0 saturated heterocycles. The molecule has 3 heteroatoms. The highest BCUT2D eigenvalue weighted by Gasteiger charge is 2.23. The molecule has 0 N–H and O–H groups in total. The van der Waals surface area contributed by atoms with Crippen LogP contribution in [0.4, 0.5) is 17.1 Å². The predicted octanol–water partition coefficient (Wildman–Crippen LogP) is 11.8. The SMILES string of the molecule is c1ccc(N(c2ccccc2)c2cccc3oc4cccc(-c5cccc6c7ccccc7n(-c7ccccc7)c56)c4c23)cc1. The number of hydrogen-bond donors (Lipinski definition) is 0. The molecule has 0 bridgehead atoms. The van der Waals surface area contributed by atoms with Gasteiger partial charge in [-0.1, -0.05) is 109 Å². The zero-order chi connectivity index (χ0) is 29.7. The van der Waals surface area contributed by atoms with Gasteiger partial charge in [0.2, 0.25) is 0 Å². The van der Waals surface area contributed by atoms with Crippen LogP contribution in [0.3, 0.4) is 0 Å². The number of benzene rings is 7. The largest absolute Gasteiger partial charge is 0.456 e. The van der Waals surface area contributed by atoms with Crippen molar-refractivity contribution in [1.29, 1.82) is 0 Å². The number of rotatable bonds is 5. The van der Waals surface area contributed by atoms with Crippen LogP contribution in [0.1, 0.15) is 0 Å². The minimum atomic E-state index is 0.864. The second-order valence-electron chi connectivity index (χ2n) is 11.3. The zero-order valence-electron chi connectivity index (χ0n) is 24.5. The molecule has 3 nitrogen and oxygen atoms in total. The first kappa shape index (κ1) is 25.4. The fourth-order valence-electron chi connectivity index (χ4n) is 6.92. The number of para-hydroxylation sites is 5. The summed E-state index contributed by atoms with van der Waals surface area (Å²) in [6, 6.07) is 60.0. The van der Waals surface area contributed by atoms with E-state index < -0.39 is 0 Å². The molecule has 0 atom stereocenters. The Labute approximate surface area is 260 Å². The van der Waals surface area contributed by atoms with Gasteiger partial charge in [-0.15, -0.1) is 0 Å². The lowest BCUT2D eigenvalue weighted by molar-refractivity contribution is 0.669. The summed E-state index contributed by atoms with van der Waals surface area (Å²) in [5.41, 5.74) is 10.8. The number of nitrogens with zero attached hydrogens (tertiary/aromatic N) is 2. The van der Waals surface area contributed by atoms with E-state index >= 15 is 0 Å². The van der Waals surface area contributed by atoms with E-state index in [1.54, 1.807) is 0 Å². The maximum Gasteiger partial charge on any atom is 0.137 e. The van der Waals surface area contributed by atoms with Crippen molar-refractivity contribution in [3.05, 3.63) is 170 Å². The van der Waals surface area contributed by atoms with Crippen LogP contribution in [0, 0.1) is 0 Å². The van der Waals surface area contributed by atoms with E-state index in [0.29, 0.717) is 0 Å². The summed E-state index contributed by atoms with van der Waals surface area (Å²) in [5.74, 6) is 0. The highest BCUT2D eigenvalue weighted by molar-refractivity contribution is 6.22. The second-order valence-corrected chi connectivity index (χ2v) is 11.3. The molecule has 0 aliphatic rings. The van der Waals surface area contributed by atoms with E-state index in [1.165, 1.54) is 27.4 Å². The van der Waals surface area contributed by atoms with Crippen molar-refractivity contribution in [1.82, 2.24) is 4.57 Å². The second kappa shape index (κ2) is 10.3. The Morgan fingerprint density at radius 1 is 0.422 bits per heavy atom. The first-order valence-electron chi connectivity index (χ1n) is 15.3. The lowest BCUT2D eigenvalue weighted by atomic mass is 9.96. The molecule has 9 rings (SSSR count). The molecule has 2 aromatic heterocycles. The van der Waals surface area contributed by atoms with Crippen LogP contribution >= 0.6 is 0 Å². The van der Waals surface area contributed by atoms with Crippen LogP contribution in [0.15, 0.2) is 174 Å². The molecular formula is C42H28N2O. The van der Waals surface area contributed by atoms with Crippen LogP contribution in [0.2, 0.25) is 0 Å². The Balaban J connectivity index is 1.40. The number of aromatic nitrogens is 1. The Hall–Kier alpha value is -6.06. The van der Waals surface area contributed by atoms with E-state index in [1.807, 2.05) is 0 Å². The van der Waals surface area contributed by atoms with E-state index in [0.717, 1.165) is 50.3 Å². The highest BCUT2D eigenvalue weighted by atomic mass is 16.3. The average Bonchev–Trinajstić information content (AvgIpc) is 3.66. The standard InChI is InChI=1S/C42H28N2O/c1-4-15-29(16-5-1)43(30-17-6-2-7-18-30)37-26-14-28-39-41(37)40-33(22-13-27-38(40)45-39)35-24-12-23-34-32-21-10-11-25-36(32)44(42(34)35)31-19-8-3-9-20-31/h1-28H. The first-order chi connectivity index (χ1) is 22.4. The predicted molar refractivity (Wildman–Crippen MR) is 188 cm³/mol. The van der Waals surface area contributed by atoms with Crippen molar-refractivity contribution in [2.24, 2.45) is 0 Å². The molecule has 212 valence electrons. The third kappa shape index (κ3) is 3.98. The van der Waals surface area contributed by atoms with Gasteiger partial charge in [-0.05, 0) is 66.2 Å². The van der Waals surface area contributed by atoms with Crippen LogP contribution in [-0.4, -0.2) is 4.57 Å². The van der Waals surface area contributed by atoms with Crippen molar-refractivity contribution in [3.8, 4) is 16.8 Å². The van der Waals surface area contributed by atoms with Crippen LogP contribution < -0.4 is 4.90 Å². The molecule has 0 aliphatic heterocycles. The molecule has 45 heavy (non-hydrogen) atoms. The van der Waals surface area contributed by atoms with E-state index in [4.69, 9.17) is 4.42 Å². The molecule has 9 aromatic rings. The smallest absolute Gasteiger partial charge is 0.137 e. The monoisotopic (exact) mass is 576 g/mol. The van der Waals surface area contributed by atoms with Crippen molar-refractivity contribution in [3.63, 3.8) is 0 Å². The third-order valence-electron chi connectivity index (χ3n) is 8.77. The quantitative estimate of drug-likeness (QED) is 0.203. The van der Waals surface area contributed by atoms with Crippen molar-refractivity contribution in [2.45, 2.75) is 0 Å². The van der Waals surface area contributed by atoms with E-state index in [9.17, 15) is 0 Å². The molecule has 0 unspecified atom stereocenters. The number of fused-ring (bicyclic) bond motifs is 6. The fourth-order valence-corrected chi connectivity index (χ4v) is 6.92. The topological polar surface area (TPSA) is 21.3 Å². The van der Waals surface area contributed by atoms with Crippen molar-refractivity contribution >= 4 is 60.8 Å². The first-order valence-corrected chi connectivity index (χ1v) is 15.3. The minimum absolute atomic E-state index is 0.864. The maximum atomic E-state index is 6.63. The van der Waals surface area contributed by atoms with Gasteiger partial charge in [-0.2, -0.15) is 0 Å². The molecule has 2 heterocycles. The van der Waals surface area contributed by atoms with Crippen molar-refractivity contribution < 1.29 is 4.42 Å².